The number of nitrogens with one attached hydrogen (secondary N) is 1. The molecule has 1 amide bonds. The third-order valence-electron chi connectivity index (χ3n) is 4.47. The smallest absolute Gasteiger partial charge is 0.249 e. The standard InChI is InChI=1S/C20H25N5O/c1-13(2)20(26)25-11-6-5-9-17(25)16-12-19(23-15(4)22-16)24-18-10-7-8-14(3)21-18/h7-8,10,12,17H,1,5-6,9,11H2,2-4H3,(H,21,22,23,24). The lowest BCUT2D eigenvalue weighted by Crippen LogP contribution is -2.39. The van der Waals surface area contributed by atoms with Gasteiger partial charge in [-0.15, -0.1) is 0 Å². The maximum Gasteiger partial charge on any atom is 0.249 e. The Bertz CT molecular complexity index is 833. The van der Waals surface area contributed by atoms with Crippen molar-refractivity contribution in [3.05, 3.63) is 53.6 Å². The van der Waals surface area contributed by atoms with Gasteiger partial charge in [0.25, 0.3) is 0 Å². The summed E-state index contributed by atoms with van der Waals surface area (Å²) in [6, 6.07) is 7.69. The molecular weight excluding hydrogens is 326 g/mol. The third kappa shape index (κ3) is 4.07. The molecule has 2 aromatic rings. The molecule has 0 aromatic carbocycles. The number of aromatic nitrogens is 3. The zero-order valence-corrected chi connectivity index (χ0v) is 15.6. The van der Waals surface area contributed by atoms with Crippen LogP contribution in [0, 0.1) is 13.8 Å². The van der Waals surface area contributed by atoms with Gasteiger partial charge in [0, 0.05) is 23.9 Å². The molecule has 0 bridgehead atoms. The van der Waals surface area contributed by atoms with E-state index in [-0.39, 0.29) is 11.9 Å². The molecular formula is C20H25N5O. The number of pyridine rings is 1. The number of nitrogens with zero attached hydrogens (tertiary/aromatic N) is 4. The van der Waals surface area contributed by atoms with Crippen LogP contribution in [0.2, 0.25) is 0 Å². The van der Waals surface area contributed by atoms with Gasteiger partial charge in [-0.05, 0) is 52.2 Å². The van der Waals surface area contributed by atoms with Crippen LogP contribution in [-0.4, -0.2) is 32.3 Å². The highest BCUT2D eigenvalue weighted by molar-refractivity contribution is 5.92. The fourth-order valence-electron chi connectivity index (χ4n) is 3.30. The number of carbonyl (C=O) groups excluding carboxylic acids is 1. The molecule has 1 atom stereocenters. The molecule has 1 aliphatic rings. The fraction of sp³-hybridized carbons (Fsp3) is 0.400. The summed E-state index contributed by atoms with van der Waals surface area (Å²) in [5.41, 5.74) is 2.36. The maximum atomic E-state index is 12.5. The SMILES string of the molecule is C=C(C)C(=O)N1CCCCC1c1cc(Nc2cccc(C)n2)nc(C)n1. The van der Waals surface area contributed by atoms with Gasteiger partial charge in [-0.3, -0.25) is 4.79 Å². The van der Waals surface area contributed by atoms with E-state index in [0.29, 0.717) is 17.2 Å². The Morgan fingerprint density at radius 3 is 2.73 bits per heavy atom. The molecule has 0 spiro atoms. The lowest BCUT2D eigenvalue weighted by molar-refractivity contribution is -0.130. The zero-order valence-electron chi connectivity index (χ0n) is 15.6. The molecule has 1 fully saturated rings. The second-order valence-corrected chi connectivity index (χ2v) is 6.80. The van der Waals surface area contributed by atoms with Crippen LogP contribution in [-0.2, 0) is 4.79 Å². The molecule has 136 valence electrons. The van der Waals surface area contributed by atoms with Gasteiger partial charge in [-0.25, -0.2) is 15.0 Å². The summed E-state index contributed by atoms with van der Waals surface area (Å²) in [4.78, 5) is 28.0. The van der Waals surface area contributed by atoms with Gasteiger partial charge in [0.15, 0.2) is 0 Å². The molecule has 1 saturated heterocycles. The monoisotopic (exact) mass is 351 g/mol. The third-order valence-corrected chi connectivity index (χ3v) is 4.47. The highest BCUT2D eigenvalue weighted by Crippen LogP contribution is 2.32. The Morgan fingerprint density at radius 2 is 2.00 bits per heavy atom. The molecule has 26 heavy (non-hydrogen) atoms. The van der Waals surface area contributed by atoms with Crippen LogP contribution in [0.15, 0.2) is 36.4 Å². The van der Waals surface area contributed by atoms with Crippen molar-refractivity contribution in [2.75, 3.05) is 11.9 Å². The average Bonchev–Trinajstić information content (AvgIpc) is 2.60. The Morgan fingerprint density at radius 1 is 1.19 bits per heavy atom. The van der Waals surface area contributed by atoms with Crippen LogP contribution in [0.1, 0.15) is 49.4 Å². The summed E-state index contributed by atoms with van der Waals surface area (Å²) in [6.45, 7) is 10.1. The van der Waals surface area contributed by atoms with Crippen molar-refractivity contribution in [1.82, 2.24) is 19.9 Å². The topological polar surface area (TPSA) is 71.0 Å². The van der Waals surface area contributed by atoms with E-state index in [1.807, 2.05) is 43.0 Å². The van der Waals surface area contributed by atoms with E-state index in [1.54, 1.807) is 6.92 Å². The van der Waals surface area contributed by atoms with Crippen molar-refractivity contribution < 1.29 is 4.79 Å². The summed E-state index contributed by atoms with van der Waals surface area (Å²) < 4.78 is 0. The molecule has 3 heterocycles. The summed E-state index contributed by atoms with van der Waals surface area (Å²) in [5, 5.41) is 3.25. The number of anilines is 2. The summed E-state index contributed by atoms with van der Waals surface area (Å²) in [5.74, 6) is 2.11. The van der Waals surface area contributed by atoms with Gasteiger partial charge in [0.05, 0.1) is 11.7 Å². The number of carbonyl (C=O) groups is 1. The average molecular weight is 351 g/mol. The fourth-order valence-corrected chi connectivity index (χ4v) is 3.30. The first-order valence-corrected chi connectivity index (χ1v) is 8.97. The van der Waals surface area contributed by atoms with E-state index in [2.05, 4.69) is 26.8 Å². The Labute approximate surface area is 154 Å². The van der Waals surface area contributed by atoms with E-state index >= 15 is 0 Å². The van der Waals surface area contributed by atoms with Crippen molar-refractivity contribution in [2.24, 2.45) is 0 Å². The highest BCUT2D eigenvalue weighted by Gasteiger charge is 2.29. The van der Waals surface area contributed by atoms with Gasteiger partial charge >= 0.3 is 0 Å². The zero-order chi connectivity index (χ0) is 18.7. The Hall–Kier alpha value is -2.76. The lowest BCUT2D eigenvalue weighted by atomic mass is 9.98. The number of likely N-dealkylation sites (tertiary alicyclic amines) is 1. The Balaban J connectivity index is 1.90. The summed E-state index contributed by atoms with van der Waals surface area (Å²) >= 11 is 0. The summed E-state index contributed by atoms with van der Waals surface area (Å²) in [7, 11) is 0. The molecule has 0 saturated carbocycles. The number of hydrogen-bond acceptors (Lipinski definition) is 5. The molecule has 1 N–H and O–H groups in total. The van der Waals surface area contributed by atoms with Crippen LogP contribution in [0.25, 0.3) is 0 Å². The van der Waals surface area contributed by atoms with Crippen molar-refractivity contribution in [3.8, 4) is 0 Å². The maximum absolute atomic E-state index is 12.5. The quantitative estimate of drug-likeness (QED) is 0.847. The van der Waals surface area contributed by atoms with Crippen LogP contribution in [0.5, 0.6) is 0 Å². The summed E-state index contributed by atoms with van der Waals surface area (Å²) in [6.07, 6.45) is 2.99. The molecule has 0 aliphatic carbocycles. The van der Waals surface area contributed by atoms with E-state index in [4.69, 9.17) is 0 Å². The largest absolute Gasteiger partial charge is 0.330 e. The second kappa shape index (κ2) is 7.64. The van der Waals surface area contributed by atoms with Crippen LogP contribution in [0.3, 0.4) is 0 Å². The van der Waals surface area contributed by atoms with Crippen molar-refractivity contribution in [1.29, 1.82) is 0 Å². The minimum Gasteiger partial charge on any atom is -0.330 e. The molecule has 1 aliphatic heterocycles. The van der Waals surface area contributed by atoms with Gasteiger partial charge < -0.3 is 10.2 Å². The van der Waals surface area contributed by atoms with Gasteiger partial charge in [-0.2, -0.15) is 0 Å². The van der Waals surface area contributed by atoms with Crippen molar-refractivity contribution >= 4 is 17.5 Å². The minimum absolute atomic E-state index is 0.000764. The molecule has 2 aromatic heterocycles. The predicted octanol–water partition coefficient (Wildman–Crippen LogP) is 3.86. The van der Waals surface area contributed by atoms with Crippen LogP contribution in [0.4, 0.5) is 11.6 Å². The normalized spacial score (nSPS) is 17.0. The molecule has 6 nitrogen and oxygen atoms in total. The first-order chi connectivity index (χ1) is 12.4. The van der Waals surface area contributed by atoms with E-state index in [1.165, 1.54) is 0 Å². The molecule has 1 unspecified atom stereocenters. The Kier molecular flexibility index (Phi) is 5.30. The minimum atomic E-state index is -0.0410. The molecule has 3 rings (SSSR count). The number of piperidine rings is 1. The van der Waals surface area contributed by atoms with Crippen LogP contribution >= 0.6 is 0 Å². The van der Waals surface area contributed by atoms with Gasteiger partial charge in [-0.1, -0.05) is 12.6 Å². The van der Waals surface area contributed by atoms with Gasteiger partial charge in [0.2, 0.25) is 5.91 Å². The number of aryl methyl sites for hydroxylation is 2. The second-order valence-electron chi connectivity index (χ2n) is 6.80. The first-order valence-electron chi connectivity index (χ1n) is 8.97. The predicted molar refractivity (Wildman–Crippen MR) is 102 cm³/mol. The molecule has 0 radical (unpaired) electrons. The first kappa shape index (κ1) is 18.0. The van der Waals surface area contributed by atoms with Crippen molar-refractivity contribution in [2.45, 2.75) is 46.1 Å². The lowest BCUT2D eigenvalue weighted by Gasteiger charge is -2.35. The van der Waals surface area contributed by atoms with E-state index in [0.717, 1.165) is 43.0 Å². The molecule has 6 heteroatoms. The van der Waals surface area contributed by atoms with E-state index in [9.17, 15) is 4.79 Å². The van der Waals surface area contributed by atoms with Crippen molar-refractivity contribution in [3.63, 3.8) is 0 Å². The number of amides is 1. The van der Waals surface area contributed by atoms with Crippen LogP contribution < -0.4 is 5.32 Å². The number of rotatable bonds is 4. The van der Waals surface area contributed by atoms with E-state index < -0.39 is 0 Å². The number of hydrogen-bond donors (Lipinski definition) is 1. The van der Waals surface area contributed by atoms with Gasteiger partial charge in [0.1, 0.15) is 17.5 Å². The highest BCUT2D eigenvalue weighted by atomic mass is 16.2.